The van der Waals surface area contributed by atoms with Crippen molar-refractivity contribution in [3.8, 4) is 0 Å². The van der Waals surface area contributed by atoms with Crippen LogP contribution in [0.15, 0.2) is 12.4 Å². The first kappa shape index (κ1) is 23.3. The van der Waals surface area contributed by atoms with Crippen LogP contribution in [0, 0.1) is 5.92 Å². The Bertz CT molecular complexity index is 364. The zero-order chi connectivity index (χ0) is 20.0. The van der Waals surface area contributed by atoms with Crippen molar-refractivity contribution in [2.75, 3.05) is 26.2 Å². The first-order valence-electron chi connectivity index (χ1n) is 10.8. The average molecular weight is 367 g/mol. The Balaban J connectivity index is 2.68. The average Bonchev–Trinajstić information content (AvgIpc) is 2.89. The second-order valence-corrected chi connectivity index (χ2v) is 9.28. The Morgan fingerprint density at radius 2 is 0.923 bits per heavy atom. The third-order valence-electron chi connectivity index (χ3n) is 5.61. The van der Waals surface area contributed by atoms with E-state index in [0.29, 0.717) is 36.3 Å². The smallest absolute Gasteiger partial charge is 0.103 e. The molecule has 0 aromatic heterocycles. The van der Waals surface area contributed by atoms with Crippen LogP contribution in [0.1, 0.15) is 69.2 Å². The van der Waals surface area contributed by atoms with Gasteiger partial charge in [-0.2, -0.15) is 0 Å². The van der Waals surface area contributed by atoms with Crippen LogP contribution in [0.5, 0.6) is 0 Å². The molecule has 4 nitrogen and oxygen atoms in total. The minimum atomic E-state index is 0.484. The molecule has 0 saturated heterocycles. The molecule has 4 heteroatoms. The monoisotopic (exact) mass is 366 g/mol. The second kappa shape index (κ2) is 10.6. The fraction of sp³-hybridized carbons (Fsp3) is 0.909. The van der Waals surface area contributed by atoms with Crippen LogP contribution >= 0.6 is 0 Å². The third kappa shape index (κ3) is 6.45. The van der Waals surface area contributed by atoms with Gasteiger partial charge in [0.1, 0.15) is 6.17 Å². The summed E-state index contributed by atoms with van der Waals surface area (Å²) in [6.07, 6.45) is 5.12. The van der Waals surface area contributed by atoms with Gasteiger partial charge in [-0.1, -0.05) is 13.8 Å². The first-order valence-corrected chi connectivity index (χ1v) is 10.8. The van der Waals surface area contributed by atoms with E-state index in [9.17, 15) is 0 Å². The van der Waals surface area contributed by atoms with Gasteiger partial charge in [-0.3, -0.25) is 9.80 Å². The van der Waals surface area contributed by atoms with E-state index in [-0.39, 0.29) is 0 Å². The molecule has 0 atom stereocenters. The van der Waals surface area contributed by atoms with Crippen molar-refractivity contribution in [2.24, 2.45) is 5.92 Å². The third-order valence-corrected chi connectivity index (χ3v) is 5.61. The highest BCUT2D eigenvalue weighted by molar-refractivity contribution is 4.99. The Kier molecular flexibility index (Phi) is 9.46. The Hall–Kier alpha value is -0.740. The molecule has 0 aromatic carbocycles. The molecule has 0 saturated carbocycles. The van der Waals surface area contributed by atoms with E-state index < -0.39 is 0 Å². The number of rotatable bonds is 11. The maximum atomic E-state index is 2.59. The quantitative estimate of drug-likeness (QED) is 0.540. The van der Waals surface area contributed by atoms with E-state index in [1.807, 2.05) is 0 Å². The van der Waals surface area contributed by atoms with Crippen molar-refractivity contribution in [3.05, 3.63) is 12.4 Å². The molecular weight excluding hydrogens is 320 g/mol. The van der Waals surface area contributed by atoms with E-state index in [4.69, 9.17) is 0 Å². The molecule has 1 rings (SSSR count). The number of hydrogen-bond acceptors (Lipinski definition) is 4. The molecule has 0 radical (unpaired) electrons. The van der Waals surface area contributed by atoms with Gasteiger partial charge in [-0.15, -0.1) is 0 Å². The van der Waals surface area contributed by atoms with Gasteiger partial charge in [0.15, 0.2) is 0 Å². The summed E-state index contributed by atoms with van der Waals surface area (Å²) in [5.74, 6) is 0.614. The molecule has 1 aliphatic heterocycles. The van der Waals surface area contributed by atoms with Gasteiger partial charge in [0.2, 0.25) is 0 Å². The van der Waals surface area contributed by atoms with Crippen LogP contribution in [-0.4, -0.2) is 76.1 Å². The highest BCUT2D eigenvalue weighted by Gasteiger charge is 2.30. The van der Waals surface area contributed by atoms with Crippen molar-refractivity contribution in [2.45, 2.75) is 99.6 Å². The molecule has 0 N–H and O–H groups in total. The fourth-order valence-electron chi connectivity index (χ4n) is 4.40. The molecule has 0 aromatic rings. The molecule has 0 aliphatic carbocycles. The van der Waals surface area contributed by atoms with Gasteiger partial charge in [-0.25, -0.2) is 0 Å². The van der Waals surface area contributed by atoms with Crippen molar-refractivity contribution < 1.29 is 0 Å². The van der Waals surface area contributed by atoms with Crippen LogP contribution in [0.3, 0.4) is 0 Å². The first-order chi connectivity index (χ1) is 12.1. The van der Waals surface area contributed by atoms with E-state index in [2.05, 4.69) is 101 Å². The predicted octanol–water partition coefficient (Wildman–Crippen LogP) is 4.29. The molecule has 0 unspecified atom stereocenters. The molecular formula is C22H46N4. The maximum absolute atomic E-state index is 2.59. The molecule has 154 valence electrons. The van der Waals surface area contributed by atoms with Gasteiger partial charge in [-0.05, 0) is 61.3 Å². The van der Waals surface area contributed by atoms with Crippen LogP contribution in [0.2, 0.25) is 0 Å². The Labute approximate surface area is 164 Å². The fourth-order valence-corrected chi connectivity index (χ4v) is 4.40. The second-order valence-electron chi connectivity index (χ2n) is 9.28. The van der Waals surface area contributed by atoms with Crippen molar-refractivity contribution in [3.63, 3.8) is 0 Å². The molecule has 0 amide bonds. The maximum Gasteiger partial charge on any atom is 0.103 e. The molecule has 1 aliphatic rings. The lowest BCUT2D eigenvalue weighted by atomic mass is 10.1. The summed E-state index contributed by atoms with van der Waals surface area (Å²) in [7, 11) is 0. The Morgan fingerprint density at radius 1 is 0.615 bits per heavy atom. The van der Waals surface area contributed by atoms with E-state index in [0.717, 1.165) is 26.2 Å². The highest BCUT2D eigenvalue weighted by Crippen LogP contribution is 2.23. The SMILES string of the molecule is CC(C)C1N(CCN(C(C)C)C(C)C)C=CN1CCN(C(C)C)C(C)C. The van der Waals surface area contributed by atoms with Gasteiger partial charge >= 0.3 is 0 Å². The lowest BCUT2D eigenvalue weighted by molar-refractivity contribution is 0.0701. The van der Waals surface area contributed by atoms with E-state index >= 15 is 0 Å². The minimum absolute atomic E-state index is 0.484. The standard InChI is InChI=1S/C22H46N4/c1-17(2)22-23(13-15-25(18(3)4)19(5)6)11-12-24(22)14-16-26(20(7)8)21(9)10/h11-12,17-22H,13-16H2,1-10H3. The largest absolute Gasteiger partial charge is 0.354 e. The summed E-state index contributed by atoms with van der Waals surface area (Å²) < 4.78 is 0. The zero-order valence-electron chi connectivity index (χ0n) is 19.2. The molecule has 0 fully saturated rings. The summed E-state index contributed by atoms with van der Waals surface area (Å²) in [6, 6.07) is 2.39. The topological polar surface area (TPSA) is 13.0 Å². The molecule has 26 heavy (non-hydrogen) atoms. The lowest BCUT2D eigenvalue weighted by Crippen LogP contribution is -2.49. The van der Waals surface area contributed by atoms with Crippen molar-refractivity contribution in [1.29, 1.82) is 0 Å². The summed E-state index contributed by atoms with van der Waals surface area (Å²) >= 11 is 0. The van der Waals surface area contributed by atoms with Crippen molar-refractivity contribution >= 4 is 0 Å². The summed E-state index contributed by atoms with van der Waals surface area (Å²) in [5.41, 5.74) is 0. The van der Waals surface area contributed by atoms with Crippen molar-refractivity contribution in [1.82, 2.24) is 19.6 Å². The van der Waals surface area contributed by atoms with Crippen LogP contribution in [0.4, 0.5) is 0 Å². The lowest BCUT2D eigenvalue weighted by Gasteiger charge is -2.39. The summed E-state index contributed by atoms with van der Waals surface area (Å²) in [6.45, 7) is 27.6. The normalized spacial score (nSPS) is 16.3. The molecule has 1 heterocycles. The van der Waals surface area contributed by atoms with Gasteiger partial charge < -0.3 is 9.80 Å². The Morgan fingerprint density at radius 3 is 1.15 bits per heavy atom. The van der Waals surface area contributed by atoms with Gasteiger partial charge in [0.05, 0.1) is 0 Å². The molecule has 0 bridgehead atoms. The van der Waals surface area contributed by atoms with Gasteiger partial charge in [0.25, 0.3) is 0 Å². The van der Waals surface area contributed by atoms with E-state index in [1.165, 1.54) is 0 Å². The number of hydrogen-bond donors (Lipinski definition) is 0. The number of nitrogens with zero attached hydrogens (tertiary/aromatic N) is 4. The van der Waals surface area contributed by atoms with Gasteiger partial charge in [0, 0.05) is 62.7 Å². The summed E-state index contributed by atoms with van der Waals surface area (Å²) in [4.78, 5) is 10.3. The van der Waals surface area contributed by atoms with Crippen LogP contribution in [0.25, 0.3) is 0 Å². The highest BCUT2D eigenvalue weighted by atomic mass is 15.4. The van der Waals surface area contributed by atoms with Crippen LogP contribution in [-0.2, 0) is 0 Å². The molecule has 0 spiro atoms. The predicted molar refractivity (Wildman–Crippen MR) is 115 cm³/mol. The zero-order valence-corrected chi connectivity index (χ0v) is 19.2. The van der Waals surface area contributed by atoms with Crippen LogP contribution < -0.4 is 0 Å². The minimum Gasteiger partial charge on any atom is -0.354 e. The summed E-state index contributed by atoms with van der Waals surface area (Å²) in [5, 5.41) is 0. The van der Waals surface area contributed by atoms with E-state index in [1.54, 1.807) is 0 Å².